The van der Waals surface area contributed by atoms with Crippen molar-refractivity contribution in [2.24, 2.45) is 0 Å². The van der Waals surface area contributed by atoms with Crippen LogP contribution in [0.3, 0.4) is 0 Å². The van der Waals surface area contributed by atoms with Crippen molar-refractivity contribution in [3.05, 3.63) is 95.6 Å². The number of hydrogen-bond acceptors (Lipinski definition) is 1. The van der Waals surface area contributed by atoms with Gasteiger partial charge in [0.05, 0.1) is 12.5 Å². The van der Waals surface area contributed by atoms with Gasteiger partial charge in [-0.25, -0.2) is 4.39 Å². The summed E-state index contributed by atoms with van der Waals surface area (Å²) in [7, 11) is 0. The van der Waals surface area contributed by atoms with Crippen molar-refractivity contribution in [3.8, 4) is 0 Å². The highest BCUT2D eigenvalue weighted by Crippen LogP contribution is 2.24. The minimum absolute atomic E-state index is 0.130. The van der Waals surface area contributed by atoms with Crippen LogP contribution in [0.2, 0.25) is 0 Å². The van der Waals surface area contributed by atoms with Crippen molar-refractivity contribution < 1.29 is 9.18 Å². The fraction of sp³-hybridized carbons (Fsp3) is 0.346. The predicted molar refractivity (Wildman–Crippen MR) is 120 cm³/mol. The Hall–Kier alpha value is -2.88. The van der Waals surface area contributed by atoms with Gasteiger partial charge < -0.3 is 9.47 Å². The Labute approximate surface area is 179 Å². The molecule has 1 unspecified atom stereocenters. The number of carbonyl (C=O) groups is 1. The molecule has 0 saturated carbocycles. The number of nitrogens with zero attached hydrogens (tertiary/aromatic N) is 2. The van der Waals surface area contributed by atoms with E-state index in [-0.39, 0.29) is 17.6 Å². The van der Waals surface area contributed by atoms with Gasteiger partial charge in [0.25, 0.3) is 0 Å². The molecule has 1 amide bonds. The third-order valence-electron chi connectivity index (χ3n) is 5.52. The van der Waals surface area contributed by atoms with Gasteiger partial charge >= 0.3 is 0 Å². The van der Waals surface area contributed by atoms with E-state index in [1.165, 1.54) is 6.07 Å². The first-order valence-corrected chi connectivity index (χ1v) is 10.8. The average Bonchev–Trinajstić information content (AvgIpc) is 3.18. The maximum absolute atomic E-state index is 13.6. The molecule has 30 heavy (non-hydrogen) atoms. The molecule has 1 aromatic heterocycles. The van der Waals surface area contributed by atoms with Crippen LogP contribution in [0.25, 0.3) is 0 Å². The van der Waals surface area contributed by atoms with Crippen molar-refractivity contribution in [1.29, 1.82) is 0 Å². The SMILES string of the molecule is CCCCN(Cc1cccn1Cc1cccc(F)c1)C(=O)C(CC)c1ccccc1. The van der Waals surface area contributed by atoms with Crippen LogP contribution in [0, 0.1) is 5.82 Å². The molecular formula is C26H31FN2O. The maximum atomic E-state index is 13.6. The second kappa shape index (κ2) is 10.8. The first kappa shape index (κ1) is 21.8. The third kappa shape index (κ3) is 5.59. The van der Waals surface area contributed by atoms with Crippen LogP contribution in [-0.4, -0.2) is 21.9 Å². The Morgan fingerprint density at radius 2 is 1.83 bits per heavy atom. The van der Waals surface area contributed by atoms with E-state index in [1.807, 2.05) is 53.6 Å². The van der Waals surface area contributed by atoms with Crippen molar-refractivity contribution >= 4 is 5.91 Å². The van der Waals surface area contributed by atoms with Crippen LogP contribution in [0.1, 0.15) is 55.8 Å². The zero-order valence-corrected chi connectivity index (χ0v) is 17.9. The van der Waals surface area contributed by atoms with Crippen LogP contribution in [0.5, 0.6) is 0 Å². The standard InChI is InChI=1S/C26H31FN2O/c1-3-5-16-29(26(30)25(4-2)22-12-7-6-8-13-22)20-24-15-10-17-28(24)19-21-11-9-14-23(27)18-21/h6-15,17-18,25H,3-5,16,19-20H2,1-2H3. The minimum atomic E-state index is -0.227. The number of halogens is 1. The number of benzene rings is 2. The van der Waals surface area contributed by atoms with Gasteiger partial charge in [0, 0.05) is 25.0 Å². The van der Waals surface area contributed by atoms with Gasteiger partial charge in [-0.15, -0.1) is 0 Å². The van der Waals surface area contributed by atoms with Crippen molar-refractivity contribution in [1.82, 2.24) is 9.47 Å². The quantitative estimate of drug-likeness (QED) is 0.405. The van der Waals surface area contributed by atoms with Crippen LogP contribution in [-0.2, 0) is 17.9 Å². The molecule has 0 saturated heterocycles. The van der Waals surface area contributed by atoms with E-state index in [0.717, 1.165) is 42.6 Å². The molecule has 1 heterocycles. The molecule has 2 aromatic carbocycles. The smallest absolute Gasteiger partial charge is 0.230 e. The number of hydrogen-bond donors (Lipinski definition) is 0. The van der Waals surface area contributed by atoms with Crippen LogP contribution in [0.15, 0.2) is 72.9 Å². The van der Waals surface area contributed by atoms with Crippen molar-refractivity contribution in [2.75, 3.05) is 6.54 Å². The molecule has 0 bridgehead atoms. The van der Waals surface area contributed by atoms with Gasteiger partial charge in [-0.1, -0.05) is 62.7 Å². The molecule has 0 spiro atoms. The van der Waals surface area contributed by atoms with E-state index in [9.17, 15) is 9.18 Å². The lowest BCUT2D eigenvalue weighted by Gasteiger charge is -2.28. The molecule has 0 aliphatic heterocycles. The number of carbonyl (C=O) groups excluding carboxylic acids is 1. The molecule has 3 rings (SSSR count). The van der Waals surface area contributed by atoms with E-state index >= 15 is 0 Å². The Balaban J connectivity index is 1.80. The first-order chi connectivity index (χ1) is 14.6. The van der Waals surface area contributed by atoms with Gasteiger partial charge in [-0.2, -0.15) is 0 Å². The Bertz CT molecular complexity index is 935. The van der Waals surface area contributed by atoms with E-state index in [1.54, 1.807) is 12.1 Å². The average molecular weight is 407 g/mol. The molecule has 4 heteroatoms. The van der Waals surface area contributed by atoms with Gasteiger partial charge in [-0.05, 0) is 48.2 Å². The van der Waals surface area contributed by atoms with E-state index < -0.39 is 0 Å². The maximum Gasteiger partial charge on any atom is 0.230 e. The van der Waals surface area contributed by atoms with Gasteiger partial charge in [0.2, 0.25) is 5.91 Å². The summed E-state index contributed by atoms with van der Waals surface area (Å²) in [5, 5.41) is 0. The first-order valence-electron chi connectivity index (χ1n) is 10.8. The summed E-state index contributed by atoms with van der Waals surface area (Å²) >= 11 is 0. The van der Waals surface area contributed by atoms with Gasteiger partial charge in [-0.3, -0.25) is 4.79 Å². The highest BCUT2D eigenvalue weighted by atomic mass is 19.1. The van der Waals surface area contributed by atoms with Crippen molar-refractivity contribution in [3.63, 3.8) is 0 Å². The van der Waals surface area contributed by atoms with Gasteiger partial charge in [0.15, 0.2) is 0 Å². The summed E-state index contributed by atoms with van der Waals surface area (Å²) in [4.78, 5) is 15.5. The molecule has 158 valence electrons. The normalized spacial score (nSPS) is 12.0. The molecule has 3 aromatic rings. The Kier molecular flexibility index (Phi) is 7.83. The van der Waals surface area contributed by atoms with Crippen LogP contribution in [0.4, 0.5) is 4.39 Å². The summed E-state index contributed by atoms with van der Waals surface area (Å²) in [6, 6.07) is 20.8. The molecule has 0 N–H and O–H groups in total. The molecular weight excluding hydrogens is 375 g/mol. The molecule has 0 aliphatic rings. The van der Waals surface area contributed by atoms with Crippen molar-refractivity contribution in [2.45, 2.75) is 52.1 Å². The molecule has 0 fully saturated rings. The Morgan fingerprint density at radius 3 is 2.53 bits per heavy atom. The topological polar surface area (TPSA) is 25.2 Å². The van der Waals surface area contributed by atoms with E-state index in [0.29, 0.717) is 13.1 Å². The number of rotatable bonds is 10. The number of aromatic nitrogens is 1. The zero-order chi connectivity index (χ0) is 21.3. The highest BCUT2D eigenvalue weighted by Gasteiger charge is 2.25. The summed E-state index contributed by atoms with van der Waals surface area (Å²) in [6.07, 6.45) is 4.78. The third-order valence-corrected chi connectivity index (χ3v) is 5.52. The van der Waals surface area contributed by atoms with Crippen LogP contribution >= 0.6 is 0 Å². The molecule has 0 radical (unpaired) electrons. The number of amides is 1. The summed E-state index contributed by atoms with van der Waals surface area (Å²) in [5.74, 6) is -0.181. The lowest BCUT2D eigenvalue weighted by molar-refractivity contribution is -0.133. The summed E-state index contributed by atoms with van der Waals surface area (Å²) in [5.41, 5.74) is 3.04. The minimum Gasteiger partial charge on any atom is -0.345 e. The Morgan fingerprint density at radius 1 is 1.03 bits per heavy atom. The fourth-order valence-electron chi connectivity index (χ4n) is 3.85. The van der Waals surface area contributed by atoms with E-state index in [2.05, 4.69) is 24.5 Å². The predicted octanol–water partition coefficient (Wildman–Crippen LogP) is 6.00. The van der Waals surface area contributed by atoms with Gasteiger partial charge in [0.1, 0.15) is 5.82 Å². The van der Waals surface area contributed by atoms with E-state index in [4.69, 9.17) is 0 Å². The largest absolute Gasteiger partial charge is 0.345 e. The number of unbranched alkanes of at least 4 members (excludes halogenated alkanes) is 1. The van der Waals surface area contributed by atoms with Crippen LogP contribution < -0.4 is 0 Å². The summed E-state index contributed by atoms with van der Waals surface area (Å²) in [6.45, 7) is 6.10. The lowest BCUT2D eigenvalue weighted by atomic mass is 9.95. The second-order valence-corrected chi connectivity index (χ2v) is 7.74. The molecule has 1 atom stereocenters. The zero-order valence-electron chi connectivity index (χ0n) is 17.9. The lowest BCUT2D eigenvalue weighted by Crippen LogP contribution is -2.36. The molecule has 0 aliphatic carbocycles. The second-order valence-electron chi connectivity index (χ2n) is 7.74. The monoisotopic (exact) mass is 406 g/mol. The highest BCUT2D eigenvalue weighted by molar-refractivity contribution is 5.83. The summed E-state index contributed by atoms with van der Waals surface area (Å²) < 4.78 is 15.7. The molecule has 3 nitrogen and oxygen atoms in total. The fourth-order valence-corrected chi connectivity index (χ4v) is 3.85.